The molecular weight excluding hydrogens is 453 g/mol. The van der Waals surface area contributed by atoms with Crippen molar-refractivity contribution in [1.82, 2.24) is 20.0 Å². The summed E-state index contributed by atoms with van der Waals surface area (Å²) in [4.78, 5) is 13.6. The third-order valence-corrected chi connectivity index (χ3v) is 6.30. The van der Waals surface area contributed by atoms with E-state index in [2.05, 4.69) is 15.3 Å². The van der Waals surface area contributed by atoms with E-state index in [1.165, 1.54) is 18.3 Å². The van der Waals surface area contributed by atoms with Crippen molar-refractivity contribution in [1.29, 1.82) is 0 Å². The second-order valence-corrected chi connectivity index (χ2v) is 8.94. The average Bonchev–Trinajstić information content (AvgIpc) is 2.83. The van der Waals surface area contributed by atoms with Crippen molar-refractivity contribution in [2.45, 2.75) is 45.7 Å². The van der Waals surface area contributed by atoms with E-state index in [1.54, 1.807) is 12.1 Å². The summed E-state index contributed by atoms with van der Waals surface area (Å²) < 4.78 is 43.2. The second kappa shape index (κ2) is 8.76. The van der Waals surface area contributed by atoms with Crippen molar-refractivity contribution in [2.75, 3.05) is 0 Å². The smallest absolute Gasteiger partial charge is 0.267 e. The number of fused-ring (bicyclic) bond motifs is 1. The van der Waals surface area contributed by atoms with Crippen molar-refractivity contribution in [3.05, 3.63) is 92.9 Å². The number of benzene rings is 2. The van der Waals surface area contributed by atoms with Gasteiger partial charge in [0.05, 0.1) is 22.6 Å². The molecule has 0 amide bonds. The van der Waals surface area contributed by atoms with E-state index in [9.17, 15) is 18.0 Å². The monoisotopic (exact) mass is 476 g/mol. The summed E-state index contributed by atoms with van der Waals surface area (Å²) >= 11 is 0. The summed E-state index contributed by atoms with van der Waals surface area (Å²) in [5.74, 6) is 0. The Bertz CT molecular complexity index is 1460. The van der Waals surface area contributed by atoms with E-state index >= 15 is 0 Å². The normalized spacial score (nSPS) is 13.5. The predicted molar refractivity (Wildman–Crippen MR) is 127 cm³/mol. The van der Waals surface area contributed by atoms with Crippen LogP contribution in [0.2, 0.25) is 0 Å². The van der Waals surface area contributed by atoms with Crippen LogP contribution in [0.4, 0.5) is 13.2 Å². The van der Waals surface area contributed by atoms with Gasteiger partial charge in [-0.2, -0.15) is 33.1 Å². The molecule has 35 heavy (non-hydrogen) atoms. The van der Waals surface area contributed by atoms with Gasteiger partial charge in [-0.1, -0.05) is 23.3 Å². The summed E-state index contributed by atoms with van der Waals surface area (Å²) in [7, 11) is 0. The Morgan fingerprint density at radius 1 is 0.886 bits per heavy atom. The zero-order chi connectivity index (χ0) is 24.7. The Morgan fingerprint density at radius 2 is 1.60 bits per heavy atom. The van der Waals surface area contributed by atoms with E-state index < -0.39 is 17.3 Å². The largest absolute Gasteiger partial charge is 0.418 e. The first-order valence-corrected chi connectivity index (χ1v) is 11.5. The lowest BCUT2D eigenvalue weighted by molar-refractivity contribution is -0.137. The van der Waals surface area contributed by atoms with Crippen molar-refractivity contribution in [3.63, 3.8) is 0 Å². The van der Waals surface area contributed by atoms with Crippen LogP contribution in [-0.4, -0.2) is 20.0 Å². The maximum atomic E-state index is 14.1. The van der Waals surface area contributed by atoms with Crippen LogP contribution in [0, 0.1) is 13.8 Å². The first-order chi connectivity index (χ1) is 16.7. The molecule has 0 saturated carbocycles. The molecule has 0 bridgehead atoms. The van der Waals surface area contributed by atoms with Gasteiger partial charge in [-0.3, -0.25) is 4.79 Å². The Balaban J connectivity index is 1.82. The third kappa shape index (κ3) is 4.36. The number of hydrogen-bond donors (Lipinski definition) is 0. The fraction of sp³-hybridized carbons (Fsp3) is 0.259. The topological polar surface area (TPSA) is 60.7 Å². The molecule has 1 aliphatic carbocycles. The molecule has 5 nitrogen and oxygen atoms in total. The molecule has 2 aromatic heterocycles. The van der Waals surface area contributed by atoms with Gasteiger partial charge < -0.3 is 0 Å². The number of rotatable bonds is 3. The molecule has 0 saturated heterocycles. The van der Waals surface area contributed by atoms with Gasteiger partial charge in [0.2, 0.25) is 0 Å². The van der Waals surface area contributed by atoms with Gasteiger partial charge in [0.15, 0.2) is 0 Å². The fourth-order valence-corrected chi connectivity index (χ4v) is 4.80. The fourth-order valence-electron chi connectivity index (χ4n) is 4.80. The van der Waals surface area contributed by atoms with Gasteiger partial charge >= 0.3 is 6.18 Å². The molecule has 0 radical (unpaired) electrons. The maximum absolute atomic E-state index is 14.1. The van der Waals surface area contributed by atoms with Crippen LogP contribution < -0.4 is 5.56 Å². The highest BCUT2D eigenvalue weighted by Gasteiger charge is 2.35. The lowest BCUT2D eigenvalue weighted by atomic mass is 9.89. The molecule has 0 atom stereocenters. The van der Waals surface area contributed by atoms with E-state index in [4.69, 9.17) is 0 Å². The van der Waals surface area contributed by atoms with Gasteiger partial charge in [-0.05, 0) is 81.5 Å². The first-order valence-electron chi connectivity index (χ1n) is 11.5. The number of halogens is 3. The lowest BCUT2D eigenvalue weighted by Crippen LogP contribution is -2.31. The standard InChI is InChI=1S/C27H23F3N4O/c1-16-12-17(2)14-19(13-16)25-20-6-3-4-7-21(20)26(35)34(33-25)24-15-18(23-8-5-11-31-32-23)9-10-22(24)27(28,29)30/h5,8-15H,3-4,6-7H2,1-2H3. The van der Waals surface area contributed by atoms with Crippen LogP contribution in [-0.2, 0) is 19.0 Å². The van der Waals surface area contributed by atoms with E-state index in [1.807, 2.05) is 32.0 Å². The molecule has 0 unspecified atom stereocenters. The molecule has 0 N–H and O–H groups in total. The van der Waals surface area contributed by atoms with Crippen molar-refractivity contribution in [3.8, 4) is 28.2 Å². The Kier molecular flexibility index (Phi) is 5.75. The molecule has 0 aliphatic heterocycles. The SMILES string of the molecule is Cc1cc(C)cc(-c2nn(-c3cc(-c4cccnn4)ccc3C(F)(F)F)c(=O)c3c2CCCC3)c1. The summed E-state index contributed by atoms with van der Waals surface area (Å²) in [6.45, 7) is 3.93. The highest BCUT2D eigenvalue weighted by molar-refractivity contribution is 5.68. The van der Waals surface area contributed by atoms with Crippen LogP contribution in [0.25, 0.3) is 28.2 Å². The molecule has 178 valence electrons. The highest BCUT2D eigenvalue weighted by Crippen LogP contribution is 2.36. The Labute approximate surface area is 200 Å². The van der Waals surface area contributed by atoms with E-state index in [0.29, 0.717) is 35.4 Å². The number of aromatic nitrogens is 4. The summed E-state index contributed by atoms with van der Waals surface area (Å²) in [6.07, 6.45) is -0.282. The molecule has 2 aromatic carbocycles. The zero-order valence-electron chi connectivity index (χ0n) is 19.4. The van der Waals surface area contributed by atoms with E-state index in [0.717, 1.165) is 45.8 Å². The Morgan fingerprint density at radius 3 is 2.26 bits per heavy atom. The predicted octanol–water partition coefficient (Wildman–Crippen LogP) is 5.87. The van der Waals surface area contributed by atoms with Crippen LogP contribution in [0.1, 0.15) is 40.7 Å². The number of alkyl halides is 3. The Hall–Kier alpha value is -3.81. The van der Waals surface area contributed by atoms with Crippen molar-refractivity contribution >= 4 is 0 Å². The molecule has 4 aromatic rings. The quantitative estimate of drug-likeness (QED) is 0.371. The summed E-state index contributed by atoms with van der Waals surface area (Å²) in [5.41, 5.74) is 3.84. The number of aryl methyl sites for hydroxylation is 2. The van der Waals surface area contributed by atoms with Gasteiger partial charge in [0, 0.05) is 22.9 Å². The molecular formula is C27H23F3N4O. The van der Waals surface area contributed by atoms with Crippen LogP contribution >= 0.6 is 0 Å². The zero-order valence-corrected chi connectivity index (χ0v) is 19.4. The molecule has 0 spiro atoms. The van der Waals surface area contributed by atoms with Gasteiger partial charge in [0.25, 0.3) is 5.56 Å². The molecule has 0 fully saturated rings. The molecule has 5 rings (SSSR count). The molecule has 2 heterocycles. The van der Waals surface area contributed by atoms with Gasteiger partial charge in [-0.25, -0.2) is 0 Å². The minimum absolute atomic E-state index is 0.315. The highest BCUT2D eigenvalue weighted by atomic mass is 19.4. The summed E-state index contributed by atoms with van der Waals surface area (Å²) in [5, 5.41) is 12.4. The second-order valence-electron chi connectivity index (χ2n) is 8.94. The summed E-state index contributed by atoms with van der Waals surface area (Å²) in [6, 6.07) is 12.9. The minimum atomic E-state index is -4.67. The van der Waals surface area contributed by atoms with Crippen molar-refractivity contribution < 1.29 is 13.2 Å². The minimum Gasteiger partial charge on any atom is -0.267 e. The van der Waals surface area contributed by atoms with Gasteiger partial charge in [-0.15, -0.1) is 0 Å². The van der Waals surface area contributed by atoms with Crippen molar-refractivity contribution in [2.24, 2.45) is 0 Å². The van der Waals surface area contributed by atoms with Gasteiger partial charge in [0.1, 0.15) is 0 Å². The maximum Gasteiger partial charge on any atom is 0.418 e. The number of hydrogen-bond acceptors (Lipinski definition) is 4. The van der Waals surface area contributed by atoms with Crippen LogP contribution in [0.3, 0.4) is 0 Å². The first kappa shape index (κ1) is 23.0. The van der Waals surface area contributed by atoms with E-state index in [-0.39, 0.29) is 5.69 Å². The average molecular weight is 477 g/mol. The number of nitrogens with zero attached hydrogens (tertiary/aromatic N) is 4. The lowest BCUT2D eigenvalue weighted by Gasteiger charge is -2.22. The molecule has 8 heteroatoms. The molecule has 1 aliphatic rings. The van der Waals surface area contributed by atoms with Crippen LogP contribution in [0.5, 0.6) is 0 Å². The third-order valence-electron chi connectivity index (χ3n) is 6.30. The van der Waals surface area contributed by atoms with Crippen LogP contribution in [0.15, 0.2) is 59.5 Å².